The number of hydrogen-bond donors (Lipinski definition) is 2. The summed E-state index contributed by atoms with van der Waals surface area (Å²) in [5.74, 6) is 0.545. The second kappa shape index (κ2) is 4.22. The summed E-state index contributed by atoms with van der Waals surface area (Å²) in [6.45, 7) is 1.79. The van der Waals surface area contributed by atoms with Gasteiger partial charge in [0.05, 0.1) is 6.10 Å². The van der Waals surface area contributed by atoms with Gasteiger partial charge in [0, 0.05) is 31.5 Å². The molecule has 1 aromatic rings. The van der Waals surface area contributed by atoms with E-state index in [2.05, 4.69) is 35.5 Å². The molecule has 0 amide bonds. The van der Waals surface area contributed by atoms with Gasteiger partial charge in [-0.15, -0.1) is 0 Å². The van der Waals surface area contributed by atoms with Gasteiger partial charge in [0.15, 0.2) is 0 Å². The first-order valence-corrected chi connectivity index (χ1v) is 6.50. The quantitative estimate of drug-likeness (QED) is 0.832. The van der Waals surface area contributed by atoms with E-state index in [4.69, 9.17) is 0 Å². The molecule has 17 heavy (non-hydrogen) atoms. The minimum Gasteiger partial charge on any atom is -0.391 e. The number of fused-ring (bicyclic) bond motifs is 1. The van der Waals surface area contributed by atoms with Crippen molar-refractivity contribution in [1.29, 1.82) is 0 Å². The highest BCUT2D eigenvalue weighted by Crippen LogP contribution is 2.33. The number of aliphatic hydroxyl groups excluding tert-OH is 1. The Bertz CT molecular complexity index is 415. The second-order valence-corrected chi connectivity index (χ2v) is 5.30. The Morgan fingerprint density at radius 2 is 2.29 bits per heavy atom. The van der Waals surface area contributed by atoms with Crippen LogP contribution in [0.4, 0.5) is 11.4 Å². The van der Waals surface area contributed by atoms with E-state index in [-0.39, 0.29) is 6.10 Å². The molecule has 3 nitrogen and oxygen atoms in total. The lowest BCUT2D eigenvalue weighted by Gasteiger charge is -2.14. The minimum absolute atomic E-state index is 0.175. The maximum Gasteiger partial charge on any atom is 0.0740 e. The largest absolute Gasteiger partial charge is 0.391 e. The average molecular weight is 232 g/mol. The van der Waals surface area contributed by atoms with Gasteiger partial charge in [-0.05, 0) is 48.9 Å². The van der Waals surface area contributed by atoms with E-state index in [9.17, 15) is 5.11 Å². The van der Waals surface area contributed by atoms with E-state index in [1.807, 2.05) is 0 Å². The van der Waals surface area contributed by atoms with E-state index in [0.717, 1.165) is 18.7 Å². The fourth-order valence-corrected chi connectivity index (χ4v) is 2.55. The number of benzene rings is 1. The van der Waals surface area contributed by atoms with Gasteiger partial charge in [0.1, 0.15) is 0 Å². The molecule has 1 saturated carbocycles. The highest BCUT2D eigenvalue weighted by molar-refractivity contribution is 5.63. The molecule has 0 radical (unpaired) electrons. The summed E-state index contributed by atoms with van der Waals surface area (Å²) in [7, 11) is 2.13. The zero-order valence-electron chi connectivity index (χ0n) is 10.3. The standard InChI is InChI=1S/C14H20N2O/c1-16-7-6-11-8-12(4-5-13(11)16)15-9-14(17)10-2-3-10/h4-5,8,10,14-15,17H,2-3,6-7,9H2,1H3. The van der Waals surface area contributed by atoms with Gasteiger partial charge in [0.2, 0.25) is 0 Å². The Morgan fingerprint density at radius 3 is 3.06 bits per heavy atom. The molecule has 1 atom stereocenters. The summed E-state index contributed by atoms with van der Waals surface area (Å²) in [6.07, 6.45) is 3.34. The van der Waals surface area contributed by atoms with Crippen LogP contribution in [0.25, 0.3) is 0 Å². The third-order valence-corrected chi connectivity index (χ3v) is 3.89. The van der Waals surface area contributed by atoms with Gasteiger partial charge in [-0.1, -0.05) is 0 Å². The van der Waals surface area contributed by atoms with Crippen LogP contribution >= 0.6 is 0 Å². The lowest BCUT2D eigenvalue weighted by Crippen LogP contribution is -2.21. The molecule has 1 fully saturated rings. The normalized spacial score (nSPS) is 20.2. The molecule has 1 heterocycles. The molecule has 92 valence electrons. The zero-order valence-corrected chi connectivity index (χ0v) is 10.3. The smallest absolute Gasteiger partial charge is 0.0740 e. The van der Waals surface area contributed by atoms with Crippen LogP contribution in [0.5, 0.6) is 0 Å². The topological polar surface area (TPSA) is 35.5 Å². The molecule has 3 heteroatoms. The maximum atomic E-state index is 9.82. The summed E-state index contributed by atoms with van der Waals surface area (Å²) in [5, 5.41) is 13.2. The van der Waals surface area contributed by atoms with Crippen LogP contribution in [0.15, 0.2) is 18.2 Å². The molecule has 1 unspecified atom stereocenters. The molecule has 2 N–H and O–H groups in total. The molecular formula is C14H20N2O. The van der Waals surface area contributed by atoms with Crippen molar-refractivity contribution in [3.8, 4) is 0 Å². The van der Waals surface area contributed by atoms with Crippen LogP contribution in [0, 0.1) is 5.92 Å². The highest BCUT2D eigenvalue weighted by atomic mass is 16.3. The fraction of sp³-hybridized carbons (Fsp3) is 0.571. The molecule has 0 aromatic heterocycles. The van der Waals surface area contributed by atoms with E-state index >= 15 is 0 Å². The van der Waals surface area contributed by atoms with Crippen LogP contribution < -0.4 is 10.2 Å². The average Bonchev–Trinajstić information content (AvgIpc) is 3.12. The first-order chi connectivity index (χ1) is 8.24. The van der Waals surface area contributed by atoms with Crippen LogP contribution in [0.1, 0.15) is 18.4 Å². The van der Waals surface area contributed by atoms with Crippen molar-refractivity contribution in [2.75, 3.05) is 30.4 Å². The number of nitrogens with zero attached hydrogens (tertiary/aromatic N) is 1. The summed E-state index contributed by atoms with van der Waals surface area (Å²) in [6, 6.07) is 6.51. The van der Waals surface area contributed by atoms with E-state index in [1.54, 1.807) is 0 Å². The Labute approximate surface area is 102 Å². The molecule has 1 aromatic carbocycles. The van der Waals surface area contributed by atoms with Crippen LogP contribution in [0.2, 0.25) is 0 Å². The number of likely N-dealkylation sites (N-methyl/N-ethyl adjacent to an activating group) is 1. The van der Waals surface area contributed by atoms with Crippen molar-refractivity contribution in [2.45, 2.75) is 25.4 Å². The lowest BCUT2D eigenvalue weighted by atomic mass is 10.1. The molecule has 1 aliphatic heterocycles. The summed E-state index contributed by atoms with van der Waals surface area (Å²) < 4.78 is 0. The van der Waals surface area contributed by atoms with Crippen molar-refractivity contribution in [3.63, 3.8) is 0 Å². The molecule has 0 spiro atoms. The van der Waals surface area contributed by atoms with Gasteiger partial charge >= 0.3 is 0 Å². The second-order valence-electron chi connectivity index (χ2n) is 5.30. The number of nitrogens with one attached hydrogen (secondary N) is 1. The van der Waals surface area contributed by atoms with Crippen molar-refractivity contribution >= 4 is 11.4 Å². The minimum atomic E-state index is -0.175. The molecular weight excluding hydrogens is 212 g/mol. The number of aliphatic hydroxyl groups is 1. The van der Waals surface area contributed by atoms with Gasteiger partial charge in [-0.2, -0.15) is 0 Å². The third-order valence-electron chi connectivity index (χ3n) is 3.89. The monoisotopic (exact) mass is 232 g/mol. The molecule has 2 aliphatic rings. The summed E-state index contributed by atoms with van der Waals surface area (Å²) in [4.78, 5) is 2.29. The van der Waals surface area contributed by atoms with E-state index < -0.39 is 0 Å². The molecule has 1 aliphatic carbocycles. The predicted octanol–water partition coefficient (Wildman–Crippen LogP) is 1.86. The van der Waals surface area contributed by atoms with Crippen molar-refractivity contribution in [1.82, 2.24) is 0 Å². The van der Waals surface area contributed by atoms with Crippen LogP contribution in [-0.2, 0) is 6.42 Å². The van der Waals surface area contributed by atoms with Gasteiger partial charge < -0.3 is 15.3 Å². The lowest BCUT2D eigenvalue weighted by molar-refractivity contribution is 0.164. The summed E-state index contributed by atoms with van der Waals surface area (Å²) >= 11 is 0. The number of hydrogen-bond acceptors (Lipinski definition) is 3. The Morgan fingerprint density at radius 1 is 1.47 bits per heavy atom. The molecule has 3 rings (SSSR count). The van der Waals surface area contributed by atoms with Crippen molar-refractivity contribution < 1.29 is 5.11 Å². The van der Waals surface area contributed by atoms with Crippen molar-refractivity contribution in [2.24, 2.45) is 5.92 Å². The highest BCUT2D eigenvalue weighted by Gasteiger charge is 2.29. The van der Waals surface area contributed by atoms with E-state index in [1.165, 1.54) is 24.1 Å². The summed E-state index contributed by atoms with van der Waals surface area (Å²) in [5.41, 5.74) is 3.90. The van der Waals surface area contributed by atoms with Crippen LogP contribution in [0.3, 0.4) is 0 Å². The Kier molecular flexibility index (Phi) is 2.71. The Balaban J connectivity index is 1.64. The first kappa shape index (κ1) is 10.9. The van der Waals surface area contributed by atoms with Gasteiger partial charge in [-0.25, -0.2) is 0 Å². The Hall–Kier alpha value is -1.22. The van der Waals surface area contributed by atoms with Crippen molar-refractivity contribution in [3.05, 3.63) is 23.8 Å². The SMILES string of the molecule is CN1CCc2cc(NCC(O)C3CC3)ccc21. The fourth-order valence-electron chi connectivity index (χ4n) is 2.55. The predicted molar refractivity (Wildman–Crippen MR) is 70.6 cm³/mol. The molecule has 0 saturated heterocycles. The number of rotatable bonds is 4. The van der Waals surface area contributed by atoms with Crippen LogP contribution in [-0.4, -0.2) is 31.3 Å². The van der Waals surface area contributed by atoms with Gasteiger partial charge in [0.25, 0.3) is 0 Å². The number of anilines is 2. The zero-order chi connectivity index (χ0) is 11.8. The first-order valence-electron chi connectivity index (χ1n) is 6.50. The van der Waals surface area contributed by atoms with E-state index in [0.29, 0.717) is 12.5 Å². The van der Waals surface area contributed by atoms with Gasteiger partial charge in [-0.3, -0.25) is 0 Å². The third kappa shape index (κ3) is 2.25. The maximum absolute atomic E-state index is 9.82. The molecule has 0 bridgehead atoms.